The van der Waals surface area contributed by atoms with Gasteiger partial charge in [-0.25, -0.2) is 8.78 Å². The molecule has 0 spiro atoms. The monoisotopic (exact) mass is 375 g/mol. The number of carboxylic acids is 1. The molecule has 1 N–H and O–H groups in total. The largest absolute Gasteiger partial charge is 0.481 e. The minimum Gasteiger partial charge on any atom is -0.481 e. The third-order valence-corrected chi connectivity index (χ3v) is 4.73. The van der Waals surface area contributed by atoms with E-state index in [-0.39, 0.29) is 24.8 Å². The van der Waals surface area contributed by atoms with E-state index >= 15 is 0 Å². The van der Waals surface area contributed by atoms with Gasteiger partial charge in [-0.15, -0.1) is 0 Å². The SMILES string of the molecule is CC(Oc1ccc(F)c(F)c1)C(=O)N1C[C@H](C(=O)O)[C@H](c2ccccc2)C1. The van der Waals surface area contributed by atoms with E-state index in [9.17, 15) is 23.5 Å². The molecular formula is C20H19F2NO4. The molecule has 27 heavy (non-hydrogen) atoms. The molecule has 1 aliphatic rings. The van der Waals surface area contributed by atoms with E-state index in [1.807, 2.05) is 30.3 Å². The van der Waals surface area contributed by atoms with Gasteiger partial charge < -0.3 is 14.7 Å². The fraction of sp³-hybridized carbons (Fsp3) is 0.300. The number of hydrogen-bond acceptors (Lipinski definition) is 3. The van der Waals surface area contributed by atoms with Crippen molar-refractivity contribution >= 4 is 11.9 Å². The lowest BCUT2D eigenvalue weighted by atomic mass is 9.89. The van der Waals surface area contributed by atoms with Crippen LogP contribution in [0.15, 0.2) is 48.5 Å². The molecule has 2 aromatic carbocycles. The van der Waals surface area contributed by atoms with E-state index in [2.05, 4.69) is 0 Å². The number of likely N-dealkylation sites (tertiary alicyclic amines) is 1. The predicted octanol–water partition coefficient (Wildman–Crippen LogP) is 3.06. The molecule has 1 heterocycles. The number of amides is 1. The van der Waals surface area contributed by atoms with Gasteiger partial charge in [0.05, 0.1) is 5.92 Å². The predicted molar refractivity (Wildman–Crippen MR) is 93.3 cm³/mol. The van der Waals surface area contributed by atoms with Gasteiger partial charge in [-0.3, -0.25) is 9.59 Å². The first-order chi connectivity index (χ1) is 12.9. The maximum absolute atomic E-state index is 13.3. The van der Waals surface area contributed by atoms with E-state index in [0.29, 0.717) is 0 Å². The van der Waals surface area contributed by atoms with Crippen molar-refractivity contribution in [1.29, 1.82) is 0 Å². The van der Waals surface area contributed by atoms with Crippen LogP contribution in [0.25, 0.3) is 0 Å². The van der Waals surface area contributed by atoms with Crippen molar-refractivity contribution in [2.45, 2.75) is 18.9 Å². The lowest BCUT2D eigenvalue weighted by Crippen LogP contribution is -2.39. The van der Waals surface area contributed by atoms with Gasteiger partial charge in [0.1, 0.15) is 5.75 Å². The Balaban J connectivity index is 1.72. The average molecular weight is 375 g/mol. The molecule has 1 unspecified atom stereocenters. The van der Waals surface area contributed by atoms with Crippen LogP contribution >= 0.6 is 0 Å². The number of aliphatic carboxylic acids is 1. The number of rotatable bonds is 5. The normalized spacial score (nSPS) is 20.3. The third kappa shape index (κ3) is 4.07. The van der Waals surface area contributed by atoms with Crippen LogP contribution in [0.4, 0.5) is 8.78 Å². The van der Waals surface area contributed by atoms with Gasteiger partial charge in [0, 0.05) is 25.1 Å². The summed E-state index contributed by atoms with van der Waals surface area (Å²) in [5.74, 6) is -4.43. The summed E-state index contributed by atoms with van der Waals surface area (Å²) < 4.78 is 31.7. The van der Waals surface area contributed by atoms with Gasteiger partial charge in [-0.05, 0) is 24.6 Å². The van der Waals surface area contributed by atoms with Gasteiger partial charge in [0.25, 0.3) is 5.91 Å². The summed E-state index contributed by atoms with van der Waals surface area (Å²) in [5, 5.41) is 9.53. The first-order valence-corrected chi connectivity index (χ1v) is 8.55. The number of hydrogen-bond donors (Lipinski definition) is 1. The summed E-state index contributed by atoms with van der Waals surface area (Å²) in [5.41, 5.74) is 0.856. The summed E-state index contributed by atoms with van der Waals surface area (Å²) in [6.07, 6.45) is -0.959. The highest BCUT2D eigenvalue weighted by Crippen LogP contribution is 2.33. The number of carbonyl (C=O) groups excluding carboxylic acids is 1. The molecule has 142 valence electrons. The van der Waals surface area contributed by atoms with Crippen molar-refractivity contribution in [1.82, 2.24) is 4.90 Å². The molecule has 7 heteroatoms. The maximum atomic E-state index is 13.3. The molecule has 0 radical (unpaired) electrons. The van der Waals surface area contributed by atoms with Crippen LogP contribution in [0.3, 0.4) is 0 Å². The molecule has 0 aliphatic carbocycles. The lowest BCUT2D eigenvalue weighted by Gasteiger charge is -2.22. The van der Waals surface area contributed by atoms with Crippen LogP contribution in [0.1, 0.15) is 18.4 Å². The second kappa shape index (κ2) is 7.73. The van der Waals surface area contributed by atoms with E-state index in [0.717, 1.165) is 17.7 Å². The molecule has 3 rings (SSSR count). The average Bonchev–Trinajstić information content (AvgIpc) is 3.10. The number of carboxylic acid groups (broad SMARTS) is 1. The van der Waals surface area contributed by atoms with E-state index < -0.39 is 35.5 Å². The van der Waals surface area contributed by atoms with Crippen LogP contribution in [0.5, 0.6) is 5.75 Å². The second-order valence-corrected chi connectivity index (χ2v) is 6.54. The first kappa shape index (κ1) is 18.8. The van der Waals surface area contributed by atoms with Gasteiger partial charge in [0.2, 0.25) is 0 Å². The van der Waals surface area contributed by atoms with Gasteiger partial charge in [-0.2, -0.15) is 0 Å². The maximum Gasteiger partial charge on any atom is 0.308 e. The molecular weight excluding hydrogens is 356 g/mol. The molecule has 3 atom stereocenters. The zero-order chi connectivity index (χ0) is 19.6. The Morgan fingerprint density at radius 3 is 2.44 bits per heavy atom. The summed E-state index contributed by atoms with van der Waals surface area (Å²) in [6.45, 7) is 1.82. The summed E-state index contributed by atoms with van der Waals surface area (Å²) in [4.78, 5) is 25.8. The Bertz CT molecular complexity index is 843. The topological polar surface area (TPSA) is 66.8 Å². The zero-order valence-electron chi connectivity index (χ0n) is 14.6. The number of halogens is 2. The Kier molecular flexibility index (Phi) is 5.39. The standard InChI is InChI=1S/C20H19F2NO4/c1-12(27-14-7-8-17(21)18(22)9-14)19(24)23-10-15(16(11-23)20(25)26)13-5-3-2-4-6-13/h2-9,12,15-16H,10-11H2,1H3,(H,25,26)/t12?,15-,16-/m0/s1. The molecule has 1 amide bonds. The van der Waals surface area contributed by atoms with Crippen LogP contribution in [0.2, 0.25) is 0 Å². The van der Waals surface area contributed by atoms with Crippen molar-refractivity contribution in [3.8, 4) is 5.75 Å². The molecule has 0 saturated carbocycles. The third-order valence-electron chi connectivity index (χ3n) is 4.73. The first-order valence-electron chi connectivity index (χ1n) is 8.55. The van der Waals surface area contributed by atoms with E-state index in [1.54, 1.807) is 0 Å². The minimum atomic E-state index is -1.07. The Hall–Kier alpha value is -2.96. The number of nitrogens with zero attached hydrogens (tertiary/aromatic N) is 1. The number of ether oxygens (including phenoxy) is 1. The fourth-order valence-electron chi connectivity index (χ4n) is 3.33. The molecule has 0 aromatic heterocycles. The Morgan fingerprint density at radius 2 is 1.81 bits per heavy atom. The highest BCUT2D eigenvalue weighted by Gasteiger charge is 2.41. The molecule has 2 aromatic rings. The molecule has 0 bridgehead atoms. The summed E-state index contributed by atoms with van der Waals surface area (Å²) >= 11 is 0. The fourth-order valence-corrected chi connectivity index (χ4v) is 3.33. The van der Waals surface area contributed by atoms with Gasteiger partial charge in [-0.1, -0.05) is 30.3 Å². The second-order valence-electron chi connectivity index (χ2n) is 6.54. The Labute approximate surface area is 155 Å². The Morgan fingerprint density at radius 1 is 1.11 bits per heavy atom. The van der Waals surface area contributed by atoms with Crippen molar-refractivity contribution < 1.29 is 28.2 Å². The zero-order valence-corrected chi connectivity index (χ0v) is 14.6. The lowest BCUT2D eigenvalue weighted by molar-refractivity contribution is -0.142. The van der Waals surface area contributed by atoms with Gasteiger partial charge >= 0.3 is 5.97 Å². The van der Waals surface area contributed by atoms with Crippen LogP contribution in [-0.4, -0.2) is 41.1 Å². The molecule has 1 fully saturated rings. The highest BCUT2D eigenvalue weighted by atomic mass is 19.2. The van der Waals surface area contributed by atoms with Crippen molar-refractivity contribution in [2.24, 2.45) is 5.92 Å². The molecule has 5 nitrogen and oxygen atoms in total. The molecule has 1 aliphatic heterocycles. The minimum absolute atomic E-state index is 0.0309. The van der Waals surface area contributed by atoms with E-state index in [1.165, 1.54) is 17.9 Å². The smallest absolute Gasteiger partial charge is 0.308 e. The van der Waals surface area contributed by atoms with Gasteiger partial charge in [0.15, 0.2) is 17.7 Å². The van der Waals surface area contributed by atoms with Crippen molar-refractivity contribution in [3.63, 3.8) is 0 Å². The highest BCUT2D eigenvalue weighted by molar-refractivity contribution is 5.83. The summed E-state index contributed by atoms with van der Waals surface area (Å²) in [6, 6.07) is 12.2. The molecule has 1 saturated heterocycles. The number of carbonyl (C=O) groups is 2. The van der Waals surface area contributed by atoms with E-state index in [4.69, 9.17) is 4.74 Å². The number of benzene rings is 2. The quantitative estimate of drug-likeness (QED) is 0.872. The van der Waals surface area contributed by atoms with Crippen molar-refractivity contribution in [2.75, 3.05) is 13.1 Å². The van der Waals surface area contributed by atoms with Crippen molar-refractivity contribution in [3.05, 3.63) is 65.7 Å². The van der Waals surface area contributed by atoms with Crippen LogP contribution in [0, 0.1) is 17.6 Å². The van der Waals surface area contributed by atoms with Crippen LogP contribution < -0.4 is 4.74 Å². The summed E-state index contributed by atoms with van der Waals surface area (Å²) in [7, 11) is 0. The van der Waals surface area contributed by atoms with Crippen LogP contribution in [-0.2, 0) is 9.59 Å².